The molecule has 7 heteroatoms. The number of aliphatic imine (C=N–C) groups is 1. The number of rotatable bonds is 14. The second kappa shape index (κ2) is 21.0. The van der Waals surface area contributed by atoms with Crippen LogP contribution in [0.15, 0.2) is 71.8 Å². The predicted octanol–water partition coefficient (Wildman–Crippen LogP) is 11.6. The van der Waals surface area contributed by atoms with Crippen LogP contribution in [0.25, 0.3) is 16.7 Å². The SMILES string of the molecule is C=C(C)c1cc(-c2ccc(N3CCN(CC)CC3)cc2)cc(F)c1CC.C=C(Nc1nccs1)C(C)C(C)(CCCC(C)C)N=CC.CC. The van der Waals surface area contributed by atoms with E-state index in [0.29, 0.717) is 6.42 Å². The smallest absolute Gasteiger partial charge is 0.186 e. The number of benzene rings is 2. The van der Waals surface area contributed by atoms with E-state index in [1.165, 1.54) is 18.5 Å². The summed E-state index contributed by atoms with van der Waals surface area (Å²) in [6, 6.07) is 12.2. The van der Waals surface area contributed by atoms with Crippen LogP contribution >= 0.6 is 11.3 Å². The van der Waals surface area contributed by atoms with E-state index in [2.05, 4.69) is 98.2 Å². The van der Waals surface area contributed by atoms with Gasteiger partial charge in [0, 0.05) is 55.1 Å². The van der Waals surface area contributed by atoms with Crippen molar-refractivity contribution in [3.63, 3.8) is 0 Å². The third kappa shape index (κ3) is 12.5. The van der Waals surface area contributed by atoms with Gasteiger partial charge in [-0.25, -0.2) is 9.37 Å². The van der Waals surface area contributed by atoms with Gasteiger partial charge >= 0.3 is 0 Å². The molecule has 0 radical (unpaired) electrons. The van der Waals surface area contributed by atoms with Gasteiger partial charge in [0.2, 0.25) is 0 Å². The molecule has 0 aliphatic carbocycles. The molecular formula is C42H64FN5S. The average molecular weight is 690 g/mol. The molecule has 2 aromatic carbocycles. The minimum absolute atomic E-state index is 0.106. The van der Waals surface area contributed by atoms with E-state index in [9.17, 15) is 4.39 Å². The molecule has 270 valence electrons. The van der Waals surface area contributed by atoms with Gasteiger partial charge in [-0.05, 0) is 98.8 Å². The molecule has 1 aliphatic rings. The molecule has 3 aromatic rings. The van der Waals surface area contributed by atoms with Crippen molar-refractivity contribution in [2.24, 2.45) is 16.8 Å². The molecule has 1 N–H and O–H groups in total. The van der Waals surface area contributed by atoms with Crippen LogP contribution in [0.2, 0.25) is 0 Å². The molecule has 49 heavy (non-hydrogen) atoms. The molecule has 2 heterocycles. The Kier molecular flexibility index (Phi) is 18.0. The number of anilines is 2. The Bertz CT molecular complexity index is 1440. The first-order valence-electron chi connectivity index (χ1n) is 18.3. The van der Waals surface area contributed by atoms with E-state index in [-0.39, 0.29) is 17.3 Å². The highest BCUT2D eigenvalue weighted by Crippen LogP contribution is 2.34. The molecule has 1 saturated heterocycles. The summed E-state index contributed by atoms with van der Waals surface area (Å²) < 4.78 is 14.5. The monoisotopic (exact) mass is 689 g/mol. The van der Waals surface area contributed by atoms with E-state index in [1.807, 2.05) is 46.2 Å². The average Bonchev–Trinajstić information content (AvgIpc) is 3.62. The van der Waals surface area contributed by atoms with Gasteiger partial charge in [-0.15, -0.1) is 11.3 Å². The summed E-state index contributed by atoms with van der Waals surface area (Å²) in [7, 11) is 0. The lowest BCUT2D eigenvalue weighted by molar-refractivity contribution is 0.271. The highest BCUT2D eigenvalue weighted by atomic mass is 32.1. The normalized spacial score (nSPS) is 15.1. The van der Waals surface area contributed by atoms with Gasteiger partial charge in [-0.1, -0.05) is 92.2 Å². The maximum Gasteiger partial charge on any atom is 0.186 e. The third-order valence-electron chi connectivity index (χ3n) is 9.44. The van der Waals surface area contributed by atoms with Crippen LogP contribution < -0.4 is 10.2 Å². The number of nitrogens with zero attached hydrogens (tertiary/aromatic N) is 4. The summed E-state index contributed by atoms with van der Waals surface area (Å²) >= 11 is 1.59. The lowest BCUT2D eigenvalue weighted by Gasteiger charge is -2.35. The summed E-state index contributed by atoms with van der Waals surface area (Å²) in [5.41, 5.74) is 6.69. The maximum absolute atomic E-state index is 14.5. The summed E-state index contributed by atoms with van der Waals surface area (Å²) in [5, 5.41) is 6.19. The number of thiazole rings is 1. The van der Waals surface area contributed by atoms with E-state index in [0.717, 1.165) is 83.7 Å². The Hall–Kier alpha value is -3.29. The molecular weight excluding hydrogens is 626 g/mol. The predicted molar refractivity (Wildman–Crippen MR) is 217 cm³/mol. The first-order chi connectivity index (χ1) is 23.4. The van der Waals surface area contributed by atoms with Gasteiger partial charge in [0.1, 0.15) is 5.82 Å². The molecule has 0 spiro atoms. The topological polar surface area (TPSA) is 43.8 Å². The summed E-state index contributed by atoms with van der Waals surface area (Å²) in [5.74, 6) is 0.860. The number of allylic oxidation sites excluding steroid dienone is 1. The minimum atomic E-state index is -0.136. The Morgan fingerprint density at radius 2 is 1.71 bits per heavy atom. The number of aromatic nitrogens is 1. The van der Waals surface area contributed by atoms with Crippen LogP contribution in [0, 0.1) is 17.7 Å². The Morgan fingerprint density at radius 3 is 2.22 bits per heavy atom. The largest absolute Gasteiger partial charge is 0.369 e. The fraction of sp³-hybridized carbons (Fsp3) is 0.524. The zero-order valence-electron chi connectivity index (χ0n) is 32.2. The van der Waals surface area contributed by atoms with E-state index >= 15 is 0 Å². The van der Waals surface area contributed by atoms with Gasteiger partial charge < -0.3 is 15.1 Å². The van der Waals surface area contributed by atoms with Crippen LogP contribution in [-0.2, 0) is 6.42 Å². The summed E-state index contributed by atoms with van der Waals surface area (Å²) in [6.07, 6.45) is 7.92. The highest BCUT2D eigenvalue weighted by molar-refractivity contribution is 7.13. The molecule has 0 bridgehead atoms. The molecule has 0 amide bonds. The molecule has 1 aliphatic heterocycles. The Labute approximate surface area is 302 Å². The Morgan fingerprint density at radius 1 is 1.06 bits per heavy atom. The van der Waals surface area contributed by atoms with Gasteiger partial charge in [0.15, 0.2) is 5.13 Å². The van der Waals surface area contributed by atoms with E-state index < -0.39 is 0 Å². The summed E-state index contributed by atoms with van der Waals surface area (Å²) in [4.78, 5) is 13.9. The third-order valence-corrected chi connectivity index (χ3v) is 10.1. The lowest BCUT2D eigenvalue weighted by Crippen LogP contribution is -2.46. The lowest BCUT2D eigenvalue weighted by atomic mass is 9.80. The summed E-state index contributed by atoms with van der Waals surface area (Å²) in [6.45, 7) is 34.8. The zero-order valence-corrected chi connectivity index (χ0v) is 33.0. The van der Waals surface area contributed by atoms with Crippen molar-refractivity contribution in [2.45, 2.75) is 100 Å². The van der Waals surface area contributed by atoms with Crippen molar-refractivity contribution in [1.82, 2.24) is 9.88 Å². The molecule has 5 nitrogen and oxygen atoms in total. The fourth-order valence-electron chi connectivity index (χ4n) is 6.19. The van der Waals surface area contributed by atoms with Gasteiger partial charge in [-0.2, -0.15) is 0 Å². The van der Waals surface area contributed by atoms with E-state index in [1.54, 1.807) is 23.6 Å². The molecule has 0 saturated carbocycles. The molecule has 4 rings (SSSR count). The second-order valence-corrected chi connectivity index (χ2v) is 14.2. The van der Waals surface area contributed by atoms with Gasteiger partial charge in [-0.3, -0.25) is 4.99 Å². The number of likely N-dealkylation sites (N-methyl/N-ethyl adjacent to an activating group) is 1. The molecule has 2 atom stereocenters. The van der Waals surface area contributed by atoms with Crippen LogP contribution in [-0.4, -0.2) is 54.4 Å². The number of hydrogen-bond acceptors (Lipinski definition) is 6. The standard InChI is InChI=1S/C23H29FN2.C17H29N3S.C2H6/c1-5-21-22(17(3)4)15-19(16-23(21)24)18-7-9-20(10-8-18)26-13-11-25(6-2)12-14-26;1-7-19-17(6,10-8-9-13(2)3)14(4)15(5)20-16-18-11-12-21-16;1-2/h7-10,15-16H,3,5-6,11-14H2,1-2,4H3;7,11-14H,5,8-10H2,1-4,6H3,(H,18,20);1-2H3. The second-order valence-electron chi connectivity index (χ2n) is 13.3. The quantitative estimate of drug-likeness (QED) is 0.171. The van der Waals surface area contributed by atoms with Crippen molar-refractivity contribution in [1.29, 1.82) is 0 Å². The first kappa shape index (κ1) is 41.9. The van der Waals surface area contributed by atoms with Crippen molar-refractivity contribution < 1.29 is 4.39 Å². The molecule has 2 unspecified atom stereocenters. The van der Waals surface area contributed by atoms with Crippen molar-refractivity contribution in [3.8, 4) is 11.1 Å². The zero-order chi connectivity index (χ0) is 36.6. The number of piperazine rings is 1. The minimum Gasteiger partial charge on any atom is -0.369 e. The van der Waals surface area contributed by atoms with Gasteiger partial charge in [0.05, 0.1) is 5.54 Å². The number of hydrogen-bond donors (Lipinski definition) is 1. The Balaban J connectivity index is 0.000000331. The first-order valence-corrected chi connectivity index (χ1v) is 19.2. The van der Waals surface area contributed by atoms with Crippen LogP contribution in [0.4, 0.5) is 15.2 Å². The van der Waals surface area contributed by atoms with Crippen molar-refractivity contribution in [3.05, 3.63) is 83.8 Å². The van der Waals surface area contributed by atoms with Crippen LogP contribution in [0.3, 0.4) is 0 Å². The number of halogens is 1. The maximum atomic E-state index is 14.5. The molecule has 1 fully saturated rings. The van der Waals surface area contributed by atoms with Crippen molar-refractivity contribution >= 4 is 33.9 Å². The van der Waals surface area contributed by atoms with Crippen LogP contribution in [0.1, 0.15) is 99.6 Å². The van der Waals surface area contributed by atoms with E-state index in [4.69, 9.17) is 4.99 Å². The molecule has 1 aromatic heterocycles. The van der Waals surface area contributed by atoms with Crippen molar-refractivity contribution in [2.75, 3.05) is 42.9 Å². The highest BCUT2D eigenvalue weighted by Gasteiger charge is 2.31. The van der Waals surface area contributed by atoms with Crippen LogP contribution in [0.5, 0.6) is 0 Å². The number of nitrogens with one attached hydrogen (secondary N) is 1. The fourth-order valence-corrected chi connectivity index (χ4v) is 6.75. The van der Waals surface area contributed by atoms with Gasteiger partial charge in [0.25, 0.3) is 0 Å².